The molecule has 0 aliphatic carbocycles. The molecule has 3 aromatic rings. The molecule has 0 radical (unpaired) electrons. The van der Waals surface area contributed by atoms with Crippen molar-refractivity contribution in [2.75, 3.05) is 17.7 Å². The smallest absolute Gasteiger partial charge is 0.338 e. The molecule has 156 valence electrons. The molecular weight excluding hydrogens is 409 g/mol. The molecule has 0 aliphatic heterocycles. The second kappa shape index (κ2) is 10.5. The third-order valence-electron chi connectivity index (χ3n) is 3.94. The second-order valence-corrected chi connectivity index (χ2v) is 7.21. The number of nitrogens with zero attached hydrogens (tertiary/aromatic N) is 2. The van der Waals surface area contributed by atoms with E-state index in [-0.39, 0.29) is 28.7 Å². The number of ether oxygens (including phenoxy) is 1. The number of carbonyl (C=O) groups excluding carboxylic acids is 2. The Hall–Kier alpha value is -3.20. The van der Waals surface area contributed by atoms with Gasteiger partial charge in [-0.1, -0.05) is 31.2 Å². The van der Waals surface area contributed by atoms with Gasteiger partial charge in [-0.2, -0.15) is 0 Å². The van der Waals surface area contributed by atoms with Crippen molar-refractivity contribution in [2.45, 2.75) is 25.0 Å². The van der Waals surface area contributed by atoms with Gasteiger partial charge in [-0.05, 0) is 48.9 Å². The van der Waals surface area contributed by atoms with Gasteiger partial charge in [0.25, 0.3) is 5.22 Å². The second-order valence-electron chi connectivity index (χ2n) is 6.29. The van der Waals surface area contributed by atoms with Crippen LogP contribution in [0.3, 0.4) is 0 Å². The zero-order valence-electron chi connectivity index (χ0n) is 16.3. The van der Waals surface area contributed by atoms with Crippen molar-refractivity contribution in [2.24, 2.45) is 0 Å². The zero-order chi connectivity index (χ0) is 21.3. The van der Waals surface area contributed by atoms with Crippen molar-refractivity contribution in [1.82, 2.24) is 10.2 Å². The molecule has 0 fully saturated rings. The van der Waals surface area contributed by atoms with Crippen molar-refractivity contribution < 1.29 is 23.1 Å². The largest absolute Gasteiger partial charge is 0.462 e. The summed E-state index contributed by atoms with van der Waals surface area (Å²) in [6, 6.07) is 12.3. The molecule has 0 spiro atoms. The van der Waals surface area contributed by atoms with E-state index < -0.39 is 5.82 Å². The molecule has 1 heterocycles. The Morgan fingerprint density at radius 2 is 1.97 bits per heavy atom. The molecule has 0 saturated heterocycles. The van der Waals surface area contributed by atoms with Crippen molar-refractivity contribution in [1.29, 1.82) is 0 Å². The number of carbonyl (C=O) groups is 2. The standard InChI is InChI=1S/C21H20FN3O4S/c1-2-3-11-28-20(27)14-7-9-17(10-8-14)23-18(26)13-30-21-25-24-19(29-21)15-5-4-6-16(22)12-15/h4-10,12H,2-3,11,13H2,1H3,(H,23,26). The topological polar surface area (TPSA) is 94.3 Å². The lowest BCUT2D eigenvalue weighted by Gasteiger charge is -2.06. The van der Waals surface area contributed by atoms with E-state index in [0.717, 1.165) is 24.6 Å². The first-order chi connectivity index (χ1) is 14.5. The molecule has 2 aromatic carbocycles. The maximum Gasteiger partial charge on any atom is 0.338 e. The number of esters is 1. The fourth-order valence-corrected chi connectivity index (χ4v) is 2.98. The summed E-state index contributed by atoms with van der Waals surface area (Å²) in [4.78, 5) is 24.0. The van der Waals surface area contributed by atoms with Gasteiger partial charge in [-0.15, -0.1) is 10.2 Å². The molecule has 7 nitrogen and oxygen atoms in total. The van der Waals surface area contributed by atoms with E-state index in [0.29, 0.717) is 23.4 Å². The highest BCUT2D eigenvalue weighted by molar-refractivity contribution is 7.99. The molecule has 0 saturated carbocycles. The molecule has 0 unspecified atom stereocenters. The van der Waals surface area contributed by atoms with E-state index in [9.17, 15) is 14.0 Å². The molecule has 3 rings (SSSR count). The van der Waals surface area contributed by atoms with Crippen LogP contribution < -0.4 is 5.32 Å². The highest BCUT2D eigenvalue weighted by Gasteiger charge is 2.12. The van der Waals surface area contributed by atoms with Gasteiger partial charge in [-0.3, -0.25) is 4.79 Å². The Bertz CT molecular complexity index is 1010. The van der Waals surface area contributed by atoms with Crippen LogP contribution in [0.15, 0.2) is 58.2 Å². The Labute approximate surface area is 177 Å². The highest BCUT2D eigenvalue weighted by Crippen LogP contribution is 2.23. The SMILES string of the molecule is CCCCOC(=O)c1ccc(NC(=O)CSc2nnc(-c3cccc(F)c3)o2)cc1. The number of thioether (sulfide) groups is 1. The van der Waals surface area contributed by atoms with Crippen LogP contribution in [0.2, 0.25) is 0 Å². The third kappa shape index (κ3) is 6.15. The number of amides is 1. The van der Waals surface area contributed by atoms with Crippen LogP contribution in [0.1, 0.15) is 30.1 Å². The zero-order valence-corrected chi connectivity index (χ0v) is 17.1. The summed E-state index contributed by atoms with van der Waals surface area (Å²) in [7, 11) is 0. The van der Waals surface area contributed by atoms with Crippen LogP contribution in [0, 0.1) is 5.82 Å². The first-order valence-corrected chi connectivity index (χ1v) is 10.3. The van der Waals surface area contributed by atoms with E-state index >= 15 is 0 Å². The minimum absolute atomic E-state index is 0.0472. The first kappa shape index (κ1) is 21.5. The number of aromatic nitrogens is 2. The first-order valence-electron chi connectivity index (χ1n) is 9.34. The number of hydrogen-bond acceptors (Lipinski definition) is 7. The highest BCUT2D eigenvalue weighted by atomic mass is 32.2. The summed E-state index contributed by atoms with van der Waals surface area (Å²) in [5.41, 5.74) is 1.44. The fraction of sp³-hybridized carbons (Fsp3) is 0.238. The van der Waals surface area contributed by atoms with Crippen LogP contribution in [-0.4, -0.2) is 34.4 Å². The Balaban J connectivity index is 1.48. The van der Waals surface area contributed by atoms with Gasteiger partial charge >= 0.3 is 5.97 Å². The number of rotatable bonds is 9. The molecular formula is C21H20FN3O4S. The average molecular weight is 429 g/mol. The van der Waals surface area contributed by atoms with Gasteiger partial charge in [-0.25, -0.2) is 9.18 Å². The molecule has 0 atom stereocenters. The predicted molar refractivity (Wildman–Crippen MR) is 111 cm³/mol. The van der Waals surface area contributed by atoms with E-state index in [1.54, 1.807) is 36.4 Å². The number of benzene rings is 2. The third-order valence-corrected chi connectivity index (χ3v) is 4.76. The molecule has 30 heavy (non-hydrogen) atoms. The average Bonchev–Trinajstić information content (AvgIpc) is 3.22. The Morgan fingerprint density at radius 3 is 2.70 bits per heavy atom. The number of anilines is 1. The van der Waals surface area contributed by atoms with Gasteiger partial charge in [0.05, 0.1) is 17.9 Å². The van der Waals surface area contributed by atoms with Crippen molar-refractivity contribution >= 4 is 29.3 Å². The van der Waals surface area contributed by atoms with Crippen LogP contribution in [0.4, 0.5) is 10.1 Å². The maximum absolute atomic E-state index is 13.3. The van der Waals surface area contributed by atoms with Gasteiger partial charge in [0.2, 0.25) is 11.8 Å². The van der Waals surface area contributed by atoms with Crippen molar-refractivity contribution in [3.8, 4) is 11.5 Å². The van der Waals surface area contributed by atoms with Gasteiger partial charge < -0.3 is 14.5 Å². The minimum Gasteiger partial charge on any atom is -0.462 e. The fourth-order valence-electron chi connectivity index (χ4n) is 2.41. The number of nitrogens with one attached hydrogen (secondary N) is 1. The van der Waals surface area contributed by atoms with Crippen LogP contribution >= 0.6 is 11.8 Å². The molecule has 9 heteroatoms. The summed E-state index contributed by atoms with van der Waals surface area (Å²) >= 11 is 1.07. The minimum atomic E-state index is -0.403. The Kier molecular flexibility index (Phi) is 7.56. The quantitative estimate of drug-likeness (QED) is 0.303. The monoisotopic (exact) mass is 429 g/mol. The summed E-state index contributed by atoms with van der Waals surface area (Å²) in [6.45, 7) is 2.41. The Morgan fingerprint density at radius 1 is 1.17 bits per heavy atom. The van der Waals surface area contributed by atoms with Gasteiger partial charge in [0, 0.05) is 11.3 Å². The van der Waals surface area contributed by atoms with Crippen molar-refractivity contribution in [3.63, 3.8) is 0 Å². The summed E-state index contributed by atoms with van der Waals surface area (Å²) in [5, 5.41) is 10.6. The molecule has 1 aromatic heterocycles. The molecule has 1 N–H and O–H groups in total. The van der Waals surface area contributed by atoms with E-state index in [1.165, 1.54) is 12.1 Å². The normalized spacial score (nSPS) is 10.6. The van der Waals surface area contributed by atoms with Gasteiger partial charge in [0.1, 0.15) is 5.82 Å². The molecule has 0 aliphatic rings. The summed E-state index contributed by atoms with van der Waals surface area (Å²) in [5.74, 6) is -0.838. The van der Waals surface area contributed by atoms with E-state index in [1.807, 2.05) is 6.92 Å². The molecule has 1 amide bonds. The van der Waals surface area contributed by atoms with E-state index in [4.69, 9.17) is 9.15 Å². The molecule has 0 bridgehead atoms. The lowest BCUT2D eigenvalue weighted by Crippen LogP contribution is -2.14. The lowest BCUT2D eigenvalue weighted by molar-refractivity contribution is -0.113. The summed E-state index contributed by atoms with van der Waals surface area (Å²) < 4.78 is 23.9. The van der Waals surface area contributed by atoms with Crippen LogP contribution in [-0.2, 0) is 9.53 Å². The van der Waals surface area contributed by atoms with Crippen LogP contribution in [0.25, 0.3) is 11.5 Å². The number of halogens is 1. The maximum atomic E-state index is 13.3. The lowest BCUT2D eigenvalue weighted by atomic mass is 10.2. The predicted octanol–water partition coefficient (Wildman–Crippen LogP) is 4.56. The van der Waals surface area contributed by atoms with Gasteiger partial charge in [0.15, 0.2) is 0 Å². The number of unbranched alkanes of at least 4 members (excludes halogenated alkanes) is 1. The van der Waals surface area contributed by atoms with E-state index in [2.05, 4.69) is 15.5 Å². The number of hydrogen-bond donors (Lipinski definition) is 1. The van der Waals surface area contributed by atoms with Crippen LogP contribution in [0.5, 0.6) is 0 Å². The summed E-state index contributed by atoms with van der Waals surface area (Å²) in [6.07, 6.45) is 1.77. The van der Waals surface area contributed by atoms with Crippen molar-refractivity contribution in [3.05, 3.63) is 59.9 Å².